The van der Waals surface area contributed by atoms with Gasteiger partial charge in [0.15, 0.2) is 5.11 Å². The molecule has 3 aromatic carbocycles. The van der Waals surface area contributed by atoms with Crippen LogP contribution in [0.15, 0.2) is 70.8 Å². The van der Waals surface area contributed by atoms with Crippen molar-refractivity contribution in [3.8, 4) is 11.5 Å². The molecule has 1 heterocycles. The van der Waals surface area contributed by atoms with Gasteiger partial charge in [0.25, 0.3) is 5.91 Å². The van der Waals surface area contributed by atoms with Crippen molar-refractivity contribution >= 4 is 74.1 Å². The fraction of sp³-hybridized carbons (Fsp3) is 0.154. The fourth-order valence-corrected chi connectivity index (χ4v) is 4.53. The number of carbonyl (C=O) groups excluding carboxylic acids is 1. The zero-order valence-corrected chi connectivity index (χ0v) is 22.8. The maximum absolute atomic E-state index is 13.4. The van der Waals surface area contributed by atoms with E-state index in [0.29, 0.717) is 38.9 Å². The molecule has 9 heteroatoms. The molecule has 0 N–H and O–H groups in total. The second-order valence-corrected chi connectivity index (χ2v) is 9.75. The number of hydrogen-bond donors (Lipinski definition) is 0. The highest BCUT2D eigenvalue weighted by atomic mass is 79.9. The highest BCUT2D eigenvalue weighted by Crippen LogP contribution is 2.32. The van der Waals surface area contributed by atoms with Crippen molar-refractivity contribution in [1.29, 1.82) is 0 Å². The summed E-state index contributed by atoms with van der Waals surface area (Å²) in [4.78, 5) is 16.6. The summed E-state index contributed by atoms with van der Waals surface area (Å²) in [6.45, 7) is 2.77. The normalized spacial score (nSPS) is 14.7. The number of likely N-dealkylation sites (N-methyl/N-ethyl adjacent to an activating group) is 1. The molecule has 0 unspecified atom stereocenters. The van der Waals surface area contributed by atoms with E-state index in [9.17, 15) is 4.79 Å². The number of anilines is 1. The number of amides is 1. The number of rotatable bonds is 7. The van der Waals surface area contributed by atoms with E-state index in [-0.39, 0.29) is 12.5 Å². The summed E-state index contributed by atoms with van der Waals surface area (Å²) >= 11 is 21.2. The molecule has 1 aliphatic heterocycles. The van der Waals surface area contributed by atoms with E-state index in [2.05, 4.69) is 15.9 Å². The highest BCUT2D eigenvalue weighted by molar-refractivity contribution is 9.10. The van der Waals surface area contributed by atoms with Crippen molar-refractivity contribution in [1.82, 2.24) is 4.90 Å². The molecule has 0 radical (unpaired) electrons. The summed E-state index contributed by atoms with van der Waals surface area (Å²) in [5.74, 6) is 1.12. The van der Waals surface area contributed by atoms with E-state index in [1.165, 1.54) is 4.90 Å². The van der Waals surface area contributed by atoms with Gasteiger partial charge in [-0.05, 0) is 85.4 Å². The maximum Gasteiger partial charge on any atom is 0.281 e. The predicted molar refractivity (Wildman–Crippen MR) is 148 cm³/mol. The lowest BCUT2D eigenvalue weighted by atomic mass is 10.1. The Morgan fingerprint density at radius 2 is 1.74 bits per heavy atom. The first-order valence-corrected chi connectivity index (χ1v) is 12.7. The van der Waals surface area contributed by atoms with Crippen molar-refractivity contribution in [2.45, 2.75) is 13.5 Å². The number of ether oxygens (including phenoxy) is 2. The number of nitrogens with zero attached hydrogens (tertiary/aromatic N) is 2. The molecule has 5 nitrogen and oxygen atoms in total. The number of benzene rings is 3. The smallest absolute Gasteiger partial charge is 0.281 e. The van der Waals surface area contributed by atoms with Gasteiger partial charge in [0.1, 0.15) is 23.8 Å². The molecule has 180 valence electrons. The summed E-state index contributed by atoms with van der Waals surface area (Å²) in [7, 11) is 1.77. The first-order valence-electron chi connectivity index (χ1n) is 10.7. The summed E-state index contributed by atoms with van der Waals surface area (Å²) in [5.41, 5.74) is 2.70. The third-order valence-electron chi connectivity index (χ3n) is 5.31. The monoisotopic (exact) mass is 590 g/mol. The lowest BCUT2D eigenvalue weighted by Gasteiger charge is -2.16. The minimum absolute atomic E-state index is 0.225. The number of carbonyl (C=O) groups is 1. The molecule has 0 saturated carbocycles. The molecule has 0 bridgehead atoms. The van der Waals surface area contributed by atoms with Crippen molar-refractivity contribution < 1.29 is 14.3 Å². The molecule has 0 aromatic heterocycles. The standard InChI is InChI=1S/C26H21BrCl2N2O3S/c1-3-33-20-8-6-19(7-9-20)31-25(32)23(30(2)26(31)35)14-17-13-18(27)5-11-24(17)34-15-16-4-10-21(28)22(29)12-16/h4-14H,3,15H2,1-2H3/b23-14-. The van der Waals surface area contributed by atoms with E-state index in [1.807, 2.05) is 55.5 Å². The van der Waals surface area contributed by atoms with Crippen LogP contribution in [-0.2, 0) is 11.4 Å². The van der Waals surface area contributed by atoms with Gasteiger partial charge < -0.3 is 14.4 Å². The maximum atomic E-state index is 13.4. The van der Waals surface area contributed by atoms with E-state index < -0.39 is 0 Å². The summed E-state index contributed by atoms with van der Waals surface area (Å²) in [6.07, 6.45) is 1.78. The highest BCUT2D eigenvalue weighted by Gasteiger charge is 2.37. The lowest BCUT2D eigenvalue weighted by Crippen LogP contribution is -2.31. The van der Waals surface area contributed by atoms with Gasteiger partial charge in [-0.3, -0.25) is 9.69 Å². The van der Waals surface area contributed by atoms with Gasteiger partial charge in [0.05, 0.1) is 22.3 Å². The van der Waals surface area contributed by atoms with Crippen molar-refractivity contribution in [3.05, 3.63) is 92.0 Å². The van der Waals surface area contributed by atoms with Crippen LogP contribution in [0.25, 0.3) is 6.08 Å². The minimum atomic E-state index is -0.225. The van der Waals surface area contributed by atoms with Crippen LogP contribution in [-0.4, -0.2) is 29.6 Å². The van der Waals surface area contributed by atoms with E-state index in [1.54, 1.807) is 30.2 Å². The Morgan fingerprint density at radius 3 is 2.43 bits per heavy atom. The van der Waals surface area contributed by atoms with Gasteiger partial charge in [0, 0.05) is 17.1 Å². The average Bonchev–Trinajstić information content (AvgIpc) is 3.04. The molecular formula is C26H21BrCl2N2O3S. The predicted octanol–water partition coefficient (Wildman–Crippen LogP) is 7.34. The minimum Gasteiger partial charge on any atom is -0.494 e. The Hall–Kier alpha value is -2.58. The third-order valence-corrected chi connectivity index (χ3v) is 7.00. The Bertz CT molecular complexity index is 1310. The van der Waals surface area contributed by atoms with Crippen LogP contribution in [0.5, 0.6) is 11.5 Å². The molecule has 1 fully saturated rings. The van der Waals surface area contributed by atoms with E-state index in [0.717, 1.165) is 21.3 Å². The van der Waals surface area contributed by atoms with Crippen LogP contribution in [0.2, 0.25) is 10.0 Å². The Labute approximate surface area is 228 Å². The van der Waals surface area contributed by atoms with Crippen LogP contribution in [0.1, 0.15) is 18.1 Å². The Morgan fingerprint density at radius 1 is 1.00 bits per heavy atom. The molecule has 4 rings (SSSR count). The van der Waals surface area contributed by atoms with Gasteiger partial charge in [-0.1, -0.05) is 45.2 Å². The Balaban J connectivity index is 1.61. The zero-order chi connectivity index (χ0) is 25.1. The third kappa shape index (κ3) is 5.64. The summed E-state index contributed by atoms with van der Waals surface area (Å²) in [6, 6.07) is 18.2. The van der Waals surface area contributed by atoms with Crippen LogP contribution in [0.4, 0.5) is 5.69 Å². The van der Waals surface area contributed by atoms with Gasteiger partial charge >= 0.3 is 0 Å². The molecule has 1 amide bonds. The molecule has 1 aliphatic rings. The summed E-state index contributed by atoms with van der Waals surface area (Å²) < 4.78 is 12.4. The van der Waals surface area contributed by atoms with Gasteiger partial charge in [0.2, 0.25) is 0 Å². The van der Waals surface area contributed by atoms with Crippen molar-refractivity contribution in [2.24, 2.45) is 0 Å². The molecule has 0 aliphatic carbocycles. The SMILES string of the molecule is CCOc1ccc(N2C(=O)/C(=C/c3cc(Br)ccc3OCc3ccc(Cl)c(Cl)c3)N(C)C2=S)cc1. The second kappa shape index (κ2) is 11.0. The topological polar surface area (TPSA) is 42.0 Å². The van der Waals surface area contributed by atoms with Crippen LogP contribution in [0.3, 0.4) is 0 Å². The largest absolute Gasteiger partial charge is 0.494 e. The van der Waals surface area contributed by atoms with E-state index >= 15 is 0 Å². The van der Waals surface area contributed by atoms with Gasteiger partial charge in [-0.2, -0.15) is 0 Å². The quantitative estimate of drug-likeness (QED) is 0.212. The number of halogens is 3. The lowest BCUT2D eigenvalue weighted by molar-refractivity contribution is -0.114. The molecule has 0 spiro atoms. The van der Waals surface area contributed by atoms with E-state index in [4.69, 9.17) is 44.9 Å². The molecule has 0 atom stereocenters. The van der Waals surface area contributed by atoms with Crippen LogP contribution in [0, 0.1) is 0 Å². The molecule has 3 aromatic rings. The van der Waals surface area contributed by atoms with Crippen molar-refractivity contribution in [3.63, 3.8) is 0 Å². The number of hydrogen-bond acceptors (Lipinski definition) is 4. The summed E-state index contributed by atoms with van der Waals surface area (Å²) in [5, 5.41) is 1.34. The van der Waals surface area contributed by atoms with Crippen LogP contribution >= 0.6 is 51.3 Å². The van der Waals surface area contributed by atoms with Crippen molar-refractivity contribution in [2.75, 3.05) is 18.6 Å². The molecule has 1 saturated heterocycles. The van der Waals surface area contributed by atoms with Gasteiger partial charge in [-0.25, -0.2) is 0 Å². The fourth-order valence-electron chi connectivity index (χ4n) is 3.54. The molecular weight excluding hydrogens is 571 g/mol. The Kier molecular flexibility index (Phi) is 8.02. The van der Waals surface area contributed by atoms with Crippen LogP contribution < -0.4 is 14.4 Å². The molecule has 35 heavy (non-hydrogen) atoms. The number of thiocarbonyl (C=S) groups is 1. The zero-order valence-electron chi connectivity index (χ0n) is 18.9. The first kappa shape index (κ1) is 25.5. The first-order chi connectivity index (χ1) is 16.8. The second-order valence-electron chi connectivity index (χ2n) is 7.66. The van der Waals surface area contributed by atoms with Gasteiger partial charge in [-0.15, -0.1) is 0 Å². The average molecular weight is 592 g/mol.